The Labute approximate surface area is 193 Å². The molecule has 3 aromatic carbocycles. The summed E-state index contributed by atoms with van der Waals surface area (Å²) in [4.78, 5) is 26.5. The van der Waals surface area contributed by atoms with Crippen molar-refractivity contribution in [3.8, 4) is 22.5 Å². The number of hydrazone groups is 1. The van der Waals surface area contributed by atoms with Crippen LogP contribution in [-0.2, 0) is 0 Å². The van der Waals surface area contributed by atoms with E-state index >= 15 is 0 Å². The van der Waals surface area contributed by atoms with E-state index in [9.17, 15) is 14.9 Å². The number of nitrogens with one attached hydrogen (secondary N) is 2. The predicted molar refractivity (Wildman–Crippen MR) is 130 cm³/mol. The molecule has 2 aromatic heterocycles. The largest absolute Gasteiger partial charge is 0.455 e. The van der Waals surface area contributed by atoms with E-state index in [2.05, 4.69) is 15.5 Å². The standard InChI is InChI=1S/C26H18N4O4/c31-26(25-24(18-6-2-1-3-7-18)21-8-4-5-9-22(21)28-25)29-27-16-20-14-15-23(34-20)17-10-12-19(13-11-17)30(32)33/h1-16,28H,(H,29,31). The number of benzene rings is 3. The van der Waals surface area contributed by atoms with Crippen molar-refractivity contribution in [1.29, 1.82) is 0 Å². The number of nitrogens with zero attached hydrogens (tertiary/aromatic N) is 2. The molecule has 0 aliphatic carbocycles. The summed E-state index contributed by atoms with van der Waals surface area (Å²) < 4.78 is 5.72. The van der Waals surface area contributed by atoms with Gasteiger partial charge in [-0.2, -0.15) is 5.10 Å². The number of amides is 1. The van der Waals surface area contributed by atoms with E-state index in [0.29, 0.717) is 22.8 Å². The van der Waals surface area contributed by atoms with Crippen LogP contribution in [0.3, 0.4) is 0 Å². The maximum atomic E-state index is 13.0. The van der Waals surface area contributed by atoms with Gasteiger partial charge in [-0.1, -0.05) is 48.5 Å². The van der Waals surface area contributed by atoms with Gasteiger partial charge in [-0.05, 0) is 35.9 Å². The molecule has 8 nitrogen and oxygen atoms in total. The first kappa shape index (κ1) is 20.9. The lowest BCUT2D eigenvalue weighted by Crippen LogP contribution is -2.18. The summed E-state index contributed by atoms with van der Waals surface area (Å²) in [5.41, 5.74) is 6.25. The number of H-pyrrole nitrogens is 1. The van der Waals surface area contributed by atoms with Gasteiger partial charge in [0.25, 0.3) is 11.6 Å². The third-order valence-corrected chi connectivity index (χ3v) is 5.34. The molecule has 0 aliphatic heterocycles. The third kappa shape index (κ3) is 4.07. The average molecular weight is 450 g/mol. The van der Waals surface area contributed by atoms with Crippen molar-refractivity contribution in [1.82, 2.24) is 10.4 Å². The number of hydrogen-bond donors (Lipinski definition) is 2. The number of nitro groups is 1. The Balaban J connectivity index is 1.35. The Morgan fingerprint density at radius 3 is 2.41 bits per heavy atom. The molecule has 8 heteroatoms. The number of nitro benzene ring substituents is 1. The van der Waals surface area contributed by atoms with E-state index in [1.165, 1.54) is 18.3 Å². The molecule has 5 rings (SSSR count). The number of rotatable bonds is 6. The fraction of sp³-hybridized carbons (Fsp3) is 0. The van der Waals surface area contributed by atoms with Gasteiger partial charge in [0, 0.05) is 34.2 Å². The SMILES string of the molecule is O=C(NN=Cc1ccc(-c2ccc([N+](=O)[O-])cc2)o1)c1[nH]c2ccccc2c1-c1ccccc1. The Kier molecular flexibility index (Phi) is 5.45. The molecule has 0 bridgehead atoms. The summed E-state index contributed by atoms with van der Waals surface area (Å²) in [5.74, 6) is 0.576. The molecule has 0 saturated heterocycles. The van der Waals surface area contributed by atoms with Crippen LogP contribution in [0.1, 0.15) is 16.2 Å². The van der Waals surface area contributed by atoms with Gasteiger partial charge in [-0.15, -0.1) is 0 Å². The number of aromatic amines is 1. The molecule has 0 fully saturated rings. The molecule has 0 atom stereocenters. The van der Waals surface area contributed by atoms with Crippen molar-refractivity contribution >= 4 is 28.7 Å². The smallest absolute Gasteiger partial charge is 0.288 e. The number of non-ortho nitro benzene ring substituents is 1. The summed E-state index contributed by atoms with van der Waals surface area (Å²) >= 11 is 0. The zero-order valence-electron chi connectivity index (χ0n) is 17.8. The number of carbonyl (C=O) groups is 1. The Morgan fingerprint density at radius 1 is 0.912 bits per heavy atom. The van der Waals surface area contributed by atoms with Crippen LogP contribution in [0.4, 0.5) is 5.69 Å². The minimum Gasteiger partial charge on any atom is -0.455 e. The molecule has 166 valence electrons. The van der Waals surface area contributed by atoms with Crippen LogP contribution >= 0.6 is 0 Å². The van der Waals surface area contributed by atoms with Crippen LogP contribution < -0.4 is 5.43 Å². The fourth-order valence-corrected chi connectivity index (χ4v) is 3.75. The zero-order valence-corrected chi connectivity index (χ0v) is 17.8. The van der Waals surface area contributed by atoms with Crippen molar-refractivity contribution in [3.05, 3.63) is 113 Å². The number of fused-ring (bicyclic) bond motifs is 1. The Hall–Kier alpha value is -4.98. The number of carbonyl (C=O) groups excluding carboxylic acids is 1. The van der Waals surface area contributed by atoms with E-state index < -0.39 is 4.92 Å². The minimum atomic E-state index is -0.455. The van der Waals surface area contributed by atoms with Gasteiger partial charge in [-0.25, -0.2) is 5.43 Å². The van der Waals surface area contributed by atoms with Gasteiger partial charge < -0.3 is 9.40 Å². The van der Waals surface area contributed by atoms with Crippen LogP contribution in [0, 0.1) is 10.1 Å². The lowest BCUT2D eigenvalue weighted by atomic mass is 10.0. The summed E-state index contributed by atoms with van der Waals surface area (Å²) in [5, 5.41) is 15.8. The minimum absolute atomic E-state index is 0.00616. The van der Waals surface area contributed by atoms with Crippen LogP contribution in [0.15, 0.2) is 101 Å². The Bertz CT molecular complexity index is 1520. The van der Waals surface area contributed by atoms with Crippen molar-refractivity contribution in [2.24, 2.45) is 5.10 Å². The van der Waals surface area contributed by atoms with Gasteiger partial charge in [0.2, 0.25) is 0 Å². The molecule has 1 amide bonds. The highest BCUT2D eigenvalue weighted by atomic mass is 16.6. The first-order chi connectivity index (χ1) is 16.6. The van der Waals surface area contributed by atoms with Crippen LogP contribution in [0.5, 0.6) is 0 Å². The van der Waals surface area contributed by atoms with Crippen molar-refractivity contribution in [3.63, 3.8) is 0 Å². The van der Waals surface area contributed by atoms with Gasteiger partial charge in [-0.3, -0.25) is 14.9 Å². The molecule has 0 aliphatic rings. The van der Waals surface area contributed by atoms with Crippen LogP contribution in [-0.4, -0.2) is 22.0 Å². The second-order valence-corrected chi connectivity index (χ2v) is 7.49. The maximum Gasteiger partial charge on any atom is 0.288 e. The quantitative estimate of drug-likeness (QED) is 0.194. The van der Waals surface area contributed by atoms with Crippen molar-refractivity contribution in [2.75, 3.05) is 0 Å². The third-order valence-electron chi connectivity index (χ3n) is 5.34. The highest BCUT2D eigenvalue weighted by molar-refractivity contribution is 6.09. The lowest BCUT2D eigenvalue weighted by molar-refractivity contribution is -0.384. The summed E-state index contributed by atoms with van der Waals surface area (Å²) in [7, 11) is 0. The lowest BCUT2D eigenvalue weighted by Gasteiger charge is -2.04. The van der Waals surface area contributed by atoms with Crippen LogP contribution in [0.25, 0.3) is 33.4 Å². The molecular formula is C26H18N4O4. The number of hydrogen-bond acceptors (Lipinski definition) is 5. The average Bonchev–Trinajstić information content (AvgIpc) is 3.50. The molecular weight excluding hydrogens is 432 g/mol. The van der Waals surface area contributed by atoms with Crippen LogP contribution in [0.2, 0.25) is 0 Å². The number of aromatic nitrogens is 1. The Morgan fingerprint density at radius 2 is 1.65 bits per heavy atom. The summed E-state index contributed by atoms with van der Waals surface area (Å²) in [6, 6.07) is 26.9. The molecule has 2 heterocycles. The predicted octanol–water partition coefficient (Wildman–Crippen LogP) is 5.77. The van der Waals surface area contributed by atoms with Gasteiger partial charge in [0.15, 0.2) is 0 Å². The molecule has 0 spiro atoms. The highest BCUT2D eigenvalue weighted by Gasteiger charge is 2.18. The van der Waals surface area contributed by atoms with E-state index in [0.717, 1.165) is 22.0 Å². The highest BCUT2D eigenvalue weighted by Crippen LogP contribution is 2.32. The second-order valence-electron chi connectivity index (χ2n) is 7.49. The van der Waals surface area contributed by atoms with Crippen molar-refractivity contribution < 1.29 is 14.1 Å². The van der Waals surface area contributed by atoms with E-state index in [1.54, 1.807) is 24.3 Å². The molecule has 2 N–H and O–H groups in total. The molecule has 0 saturated carbocycles. The summed E-state index contributed by atoms with van der Waals surface area (Å²) in [6.07, 6.45) is 1.40. The van der Waals surface area contributed by atoms with Gasteiger partial charge in [0.05, 0.1) is 11.1 Å². The molecule has 34 heavy (non-hydrogen) atoms. The van der Waals surface area contributed by atoms with Crippen molar-refractivity contribution in [2.45, 2.75) is 0 Å². The molecule has 0 radical (unpaired) electrons. The monoisotopic (exact) mass is 450 g/mol. The second kappa shape index (κ2) is 8.87. The zero-order chi connectivity index (χ0) is 23.5. The number of furan rings is 1. The summed E-state index contributed by atoms with van der Waals surface area (Å²) in [6.45, 7) is 0. The molecule has 5 aromatic rings. The van der Waals surface area contributed by atoms with Gasteiger partial charge in [0.1, 0.15) is 17.2 Å². The fourth-order valence-electron chi connectivity index (χ4n) is 3.75. The first-order valence-corrected chi connectivity index (χ1v) is 10.4. The van der Waals surface area contributed by atoms with E-state index in [-0.39, 0.29) is 11.6 Å². The topological polar surface area (TPSA) is 114 Å². The van der Waals surface area contributed by atoms with E-state index in [1.807, 2.05) is 54.6 Å². The normalized spacial score (nSPS) is 11.2. The molecule has 0 unspecified atom stereocenters. The number of para-hydroxylation sites is 1. The van der Waals surface area contributed by atoms with Gasteiger partial charge >= 0.3 is 0 Å². The first-order valence-electron chi connectivity index (χ1n) is 10.4. The van der Waals surface area contributed by atoms with E-state index in [4.69, 9.17) is 4.42 Å². The maximum absolute atomic E-state index is 13.0.